The van der Waals surface area contributed by atoms with Gasteiger partial charge in [0.05, 0.1) is 11.3 Å². The molecule has 2 fully saturated rings. The van der Waals surface area contributed by atoms with Crippen molar-refractivity contribution in [2.45, 2.75) is 50.0 Å². The molecule has 2 aliphatic carbocycles. The van der Waals surface area contributed by atoms with Crippen molar-refractivity contribution in [2.75, 3.05) is 5.32 Å². The molecule has 0 spiro atoms. The summed E-state index contributed by atoms with van der Waals surface area (Å²) in [7, 11) is -3.59. The highest BCUT2D eigenvalue weighted by molar-refractivity contribution is 7.89. The normalized spacial score (nSPS) is 24.0. The summed E-state index contributed by atoms with van der Waals surface area (Å²) in [6, 6.07) is 13.3. The maximum absolute atomic E-state index is 12.8. The smallest absolute Gasteiger partial charge is 0.240 e. The first-order valence-corrected chi connectivity index (χ1v) is 12.3. The van der Waals surface area contributed by atoms with Gasteiger partial charge in [-0.2, -0.15) is 0 Å². The minimum Gasteiger partial charge on any atom is -0.326 e. The van der Waals surface area contributed by atoms with Crippen LogP contribution in [-0.4, -0.2) is 20.4 Å². The molecule has 4 rings (SSSR count). The van der Waals surface area contributed by atoms with E-state index in [0.29, 0.717) is 22.5 Å². The Morgan fingerprint density at radius 1 is 1.07 bits per heavy atom. The van der Waals surface area contributed by atoms with E-state index in [2.05, 4.69) is 10.0 Å². The number of carbonyl (C=O) groups is 1. The molecule has 0 aliphatic heterocycles. The van der Waals surface area contributed by atoms with Crippen LogP contribution in [0.1, 0.15) is 38.2 Å². The molecule has 4 atom stereocenters. The van der Waals surface area contributed by atoms with E-state index in [9.17, 15) is 13.2 Å². The van der Waals surface area contributed by atoms with Gasteiger partial charge in [-0.25, -0.2) is 13.1 Å². The van der Waals surface area contributed by atoms with Crippen molar-refractivity contribution in [2.24, 2.45) is 17.8 Å². The lowest BCUT2D eigenvalue weighted by molar-refractivity contribution is -0.115. The third kappa shape index (κ3) is 4.88. The van der Waals surface area contributed by atoms with E-state index in [0.717, 1.165) is 17.9 Å². The van der Waals surface area contributed by atoms with E-state index in [1.165, 1.54) is 31.4 Å². The molecule has 2 aromatic carbocycles. The number of rotatable bonds is 7. The summed E-state index contributed by atoms with van der Waals surface area (Å²) < 4.78 is 28.5. The van der Waals surface area contributed by atoms with Gasteiger partial charge in [0.25, 0.3) is 0 Å². The molecule has 0 saturated heterocycles. The van der Waals surface area contributed by atoms with Crippen LogP contribution in [0.3, 0.4) is 0 Å². The predicted molar refractivity (Wildman–Crippen MR) is 119 cm³/mol. The Morgan fingerprint density at radius 2 is 1.77 bits per heavy atom. The van der Waals surface area contributed by atoms with Crippen LogP contribution in [0.2, 0.25) is 5.02 Å². The first kappa shape index (κ1) is 21.3. The summed E-state index contributed by atoms with van der Waals surface area (Å²) >= 11 is 5.86. The number of anilines is 1. The van der Waals surface area contributed by atoms with Crippen LogP contribution >= 0.6 is 11.6 Å². The van der Waals surface area contributed by atoms with Crippen molar-refractivity contribution in [3.63, 3.8) is 0 Å². The summed E-state index contributed by atoms with van der Waals surface area (Å²) in [5.41, 5.74) is 1.42. The maximum atomic E-state index is 12.8. The van der Waals surface area contributed by atoms with Crippen molar-refractivity contribution in [3.05, 3.63) is 59.1 Å². The summed E-state index contributed by atoms with van der Waals surface area (Å²) in [5.74, 6) is 1.70. The van der Waals surface area contributed by atoms with Gasteiger partial charge < -0.3 is 5.32 Å². The lowest BCUT2D eigenvalue weighted by atomic mass is 9.84. The highest BCUT2D eigenvalue weighted by Gasteiger charge is 2.42. The molecule has 7 heteroatoms. The van der Waals surface area contributed by atoms with Crippen molar-refractivity contribution >= 4 is 33.2 Å². The molecule has 5 nitrogen and oxygen atoms in total. The topological polar surface area (TPSA) is 75.3 Å². The standard InChI is InChI=1S/C23H27ClN2O3S/c1-15(22-13-17-2-5-18(22)12-17)26-30(28,29)21-10-8-20(9-11-21)25-23(27)14-16-3-6-19(24)7-4-16/h3-4,6-11,15,17-18,22,26H,2,5,12-14H2,1H3,(H,25,27)/t15-,17+,18+,22+/m0/s1. The van der Waals surface area contributed by atoms with Gasteiger partial charge in [0.15, 0.2) is 0 Å². The quantitative estimate of drug-likeness (QED) is 0.651. The van der Waals surface area contributed by atoms with Crippen molar-refractivity contribution in [3.8, 4) is 0 Å². The number of benzene rings is 2. The molecule has 30 heavy (non-hydrogen) atoms. The number of halogens is 1. The molecule has 2 aromatic rings. The van der Waals surface area contributed by atoms with Crippen molar-refractivity contribution in [1.82, 2.24) is 4.72 Å². The molecule has 2 N–H and O–H groups in total. The highest BCUT2D eigenvalue weighted by Crippen LogP contribution is 2.49. The summed E-state index contributed by atoms with van der Waals surface area (Å²) in [5, 5.41) is 3.42. The van der Waals surface area contributed by atoms with Gasteiger partial charge in [-0.15, -0.1) is 0 Å². The van der Waals surface area contributed by atoms with Crippen LogP contribution in [0.15, 0.2) is 53.4 Å². The van der Waals surface area contributed by atoms with Crippen LogP contribution < -0.4 is 10.0 Å². The molecule has 160 valence electrons. The lowest BCUT2D eigenvalue weighted by Gasteiger charge is -2.28. The molecule has 2 saturated carbocycles. The Balaban J connectivity index is 1.35. The number of carbonyl (C=O) groups excluding carboxylic acids is 1. The number of fused-ring (bicyclic) bond motifs is 2. The molecule has 2 bridgehead atoms. The van der Waals surface area contributed by atoms with Gasteiger partial charge in [-0.3, -0.25) is 4.79 Å². The Labute approximate surface area is 183 Å². The SMILES string of the molecule is C[C@H](NS(=O)(=O)c1ccc(NC(=O)Cc2ccc(Cl)cc2)cc1)[C@H]1C[C@@H]2CC[C@@H]1C2. The molecule has 0 aromatic heterocycles. The van der Waals surface area contributed by atoms with E-state index < -0.39 is 10.0 Å². The van der Waals surface area contributed by atoms with E-state index in [1.807, 2.05) is 6.92 Å². The van der Waals surface area contributed by atoms with Gasteiger partial charge in [0.1, 0.15) is 0 Å². The summed E-state index contributed by atoms with van der Waals surface area (Å²) in [6.07, 6.45) is 5.13. The maximum Gasteiger partial charge on any atom is 0.240 e. The molecule has 2 aliphatic rings. The Kier molecular flexibility index (Phi) is 6.19. The van der Waals surface area contributed by atoms with Crippen LogP contribution in [0.25, 0.3) is 0 Å². The molecular weight excluding hydrogens is 420 g/mol. The van der Waals surface area contributed by atoms with Crippen LogP contribution in [0.5, 0.6) is 0 Å². The molecular formula is C23H27ClN2O3S. The minimum atomic E-state index is -3.59. The zero-order valence-corrected chi connectivity index (χ0v) is 18.5. The molecule has 0 unspecified atom stereocenters. The Morgan fingerprint density at radius 3 is 2.37 bits per heavy atom. The van der Waals surface area contributed by atoms with Gasteiger partial charge in [-0.1, -0.05) is 30.2 Å². The third-order valence-corrected chi connectivity index (χ3v) is 8.33. The fraction of sp³-hybridized carbons (Fsp3) is 0.435. The van der Waals surface area contributed by atoms with E-state index in [1.54, 1.807) is 36.4 Å². The number of sulfonamides is 1. The zero-order valence-electron chi connectivity index (χ0n) is 17.0. The number of nitrogens with one attached hydrogen (secondary N) is 2. The van der Waals surface area contributed by atoms with Crippen molar-refractivity contribution in [1.29, 1.82) is 0 Å². The predicted octanol–water partition coefficient (Wildman–Crippen LogP) is 4.62. The van der Waals surface area contributed by atoms with E-state index in [4.69, 9.17) is 11.6 Å². The van der Waals surface area contributed by atoms with Crippen LogP contribution in [0.4, 0.5) is 5.69 Å². The number of hydrogen-bond acceptors (Lipinski definition) is 3. The lowest BCUT2D eigenvalue weighted by Crippen LogP contribution is -2.40. The Bertz CT molecular complexity index is 1010. The highest BCUT2D eigenvalue weighted by atomic mass is 35.5. The molecule has 0 heterocycles. The fourth-order valence-corrected chi connectivity index (χ4v) is 6.44. The van der Waals surface area contributed by atoms with Gasteiger partial charge in [0, 0.05) is 16.8 Å². The average Bonchev–Trinajstić information content (AvgIpc) is 3.33. The summed E-state index contributed by atoms with van der Waals surface area (Å²) in [4.78, 5) is 12.4. The van der Waals surface area contributed by atoms with E-state index in [-0.39, 0.29) is 23.3 Å². The fourth-order valence-electron chi connectivity index (χ4n) is 5.02. The second kappa shape index (κ2) is 8.69. The third-order valence-electron chi connectivity index (χ3n) is 6.50. The van der Waals surface area contributed by atoms with Crippen molar-refractivity contribution < 1.29 is 13.2 Å². The second-order valence-electron chi connectivity index (χ2n) is 8.62. The Hall–Kier alpha value is -1.89. The summed E-state index contributed by atoms with van der Waals surface area (Å²) in [6.45, 7) is 1.98. The first-order chi connectivity index (χ1) is 14.3. The molecule has 1 amide bonds. The minimum absolute atomic E-state index is 0.0657. The first-order valence-electron chi connectivity index (χ1n) is 10.5. The van der Waals surface area contributed by atoms with Crippen LogP contribution in [0, 0.1) is 17.8 Å². The van der Waals surface area contributed by atoms with E-state index >= 15 is 0 Å². The molecule has 0 radical (unpaired) electrons. The zero-order chi connectivity index (χ0) is 21.3. The van der Waals surface area contributed by atoms with Gasteiger partial charge in [0.2, 0.25) is 15.9 Å². The van der Waals surface area contributed by atoms with Crippen LogP contribution in [-0.2, 0) is 21.2 Å². The number of amides is 1. The number of hydrogen-bond donors (Lipinski definition) is 2. The second-order valence-corrected chi connectivity index (χ2v) is 10.8. The monoisotopic (exact) mass is 446 g/mol. The average molecular weight is 447 g/mol. The van der Waals surface area contributed by atoms with Gasteiger partial charge >= 0.3 is 0 Å². The largest absolute Gasteiger partial charge is 0.326 e. The van der Waals surface area contributed by atoms with Gasteiger partial charge in [-0.05, 0) is 85.9 Å².